The van der Waals surface area contributed by atoms with Crippen molar-refractivity contribution in [1.29, 1.82) is 0 Å². The van der Waals surface area contributed by atoms with Crippen LogP contribution in [0, 0.1) is 0 Å². The molecule has 0 saturated heterocycles. The number of nitrogens with two attached hydrogens (primary N) is 1. The van der Waals surface area contributed by atoms with Crippen molar-refractivity contribution in [1.82, 2.24) is 0 Å². The minimum atomic E-state index is -1.17. The molecule has 5 N–H and O–H groups in total. The molecular formula is C11H15ClN2O4. The number of rotatable bonds is 6. The fourth-order valence-corrected chi connectivity index (χ4v) is 2.03. The first-order valence-corrected chi connectivity index (χ1v) is 5.68. The van der Waals surface area contributed by atoms with Crippen molar-refractivity contribution in [2.75, 3.05) is 36.9 Å². The van der Waals surface area contributed by atoms with Gasteiger partial charge in [-0.05, 0) is 12.1 Å². The molecular weight excluding hydrogens is 260 g/mol. The fraction of sp³-hybridized carbons (Fsp3) is 0.364. The van der Waals surface area contributed by atoms with Crippen LogP contribution in [0.4, 0.5) is 11.4 Å². The lowest BCUT2D eigenvalue weighted by atomic mass is 10.1. The first kappa shape index (κ1) is 14.6. The van der Waals surface area contributed by atoms with Gasteiger partial charge in [-0.15, -0.1) is 0 Å². The van der Waals surface area contributed by atoms with Gasteiger partial charge in [0.15, 0.2) is 0 Å². The molecule has 0 aliphatic carbocycles. The molecule has 0 aliphatic heterocycles. The lowest BCUT2D eigenvalue weighted by molar-refractivity contribution is 0.0697. The van der Waals surface area contributed by atoms with E-state index < -0.39 is 5.97 Å². The highest BCUT2D eigenvalue weighted by atomic mass is 35.5. The van der Waals surface area contributed by atoms with E-state index in [4.69, 9.17) is 32.7 Å². The normalized spacial score (nSPS) is 10.4. The van der Waals surface area contributed by atoms with Crippen molar-refractivity contribution in [3.8, 4) is 0 Å². The lowest BCUT2D eigenvalue weighted by Gasteiger charge is -2.26. The first-order chi connectivity index (χ1) is 8.51. The molecule has 7 heteroatoms. The van der Waals surface area contributed by atoms with E-state index in [0.717, 1.165) is 0 Å². The number of halogens is 1. The van der Waals surface area contributed by atoms with Gasteiger partial charge in [0.25, 0.3) is 0 Å². The molecule has 0 unspecified atom stereocenters. The molecule has 6 nitrogen and oxygen atoms in total. The highest BCUT2D eigenvalue weighted by molar-refractivity contribution is 6.34. The number of carboxylic acid groups (broad SMARTS) is 1. The number of aliphatic hydroxyl groups excluding tert-OH is 2. The van der Waals surface area contributed by atoms with Gasteiger partial charge in [0, 0.05) is 18.8 Å². The summed E-state index contributed by atoms with van der Waals surface area (Å²) >= 11 is 6.00. The second-order valence-electron chi connectivity index (χ2n) is 3.64. The number of nitrogens with zero attached hydrogens (tertiary/aromatic N) is 1. The third-order valence-corrected chi connectivity index (χ3v) is 2.66. The molecule has 0 radical (unpaired) electrons. The van der Waals surface area contributed by atoms with E-state index in [0.29, 0.717) is 0 Å². The zero-order valence-electron chi connectivity index (χ0n) is 9.64. The zero-order chi connectivity index (χ0) is 13.7. The largest absolute Gasteiger partial charge is 0.478 e. The summed E-state index contributed by atoms with van der Waals surface area (Å²) in [7, 11) is 0. The third kappa shape index (κ3) is 3.25. The molecule has 1 aromatic carbocycles. The Morgan fingerprint density at radius 3 is 2.28 bits per heavy atom. The average molecular weight is 275 g/mol. The minimum absolute atomic E-state index is 0.0538. The number of carboxylic acids is 1. The van der Waals surface area contributed by atoms with Gasteiger partial charge < -0.3 is 26.0 Å². The summed E-state index contributed by atoms with van der Waals surface area (Å²) in [5, 5.41) is 27.2. The molecule has 0 spiro atoms. The predicted octanol–water partition coefficient (Wildman–Crippen LogP) is 0.411. The van der Waals surface area contributed by atoms with Crippen molar-refractivity contribution in [3.63, 3.8) is 0 Å². The Bertz CT molecular complexity index is 433. The minimum Gasteiger partial charge on any atom is -0.478 e. The van der Waals surface area contributed by atoms with E-state index in [1.165, 1.54) is 17.0 Å². The topological polar surface area (TPSA) is 107 Å². The Labute approximate surface area is 109 Å². The number of anilines is 2. The Hall–Kier alpha value is -1.50. The molecule has 0 aliphatic rings. The molecule has 1 rings (SSSR count). The van der Waals surface area contributed by atoms with Gasteiger partial charge in [-0.1, -0.05) is 11.6 Å². The second-order valence-corrected chi connectivity index (χ2v) is 4.05. The van der Waals surface area contributed by atoms with Gasteiger partial charge in [0.2, 0.25) is 0 Å². The number of benzene rings is 1. The molecule has 0 bridgehead atoms. The number of hydrogen-bond acceptors (Lipinski definition) is 5. The summed E-state index contributed by atoms with van der Waals surface area (Å²) < 4.78 is 0. The highest BCUT2D eigenvalue weighted by Gasteiger charge is 2.19. The standard InChI is InChI=1S/C11H15ClN2O4/c12-9-6-7(13)5-8(11(17)18)10(9)14(1-3-15)2-4-16/h5-6,15-16H,1-4,13H2,(H,17,18). The number of nitrogen functional groups attached to an aromatic ring is 1. The van der Waals surface area contributed by atoms with Gasteiger partial charge in [-0.25, -0.2) is 4.79 Å². The van der Waals surface area contributed by atoms with Crippen LogP contribution in [0.1, 0.15) is 10.4 Å². The van der Waals surface area contributed by atoms with Crippen molar-refractivity contribution in [2.45, 2.75) is 0 Å². The van der Waals surface area contributed by atoms with Gasteiger partial charge in [-0.2, -0.15) is 0 Å². The maximum Gasteiger partial charge on any atom is 0.337 e. The van der Waals surface area contributed by atoms with Crippen molar-refractivity contribution < 1.29 is 20.1 Å². The van der Waals surface area contributed by atoms with Crippen molar-refractivity contribution in [3.05, 3.63) is 22.7 Å². The maximum atomic E-state index is 11.2. The molecule has 0 saturated carbocycles. The predicted molar refractivity (Wildman–Crippen MR) is 69.2 cm³/mol. The second kappa shape index (κ2) is 6.44. The molecule has 0 heterocycles. The van der Waals surface area contributed by atoms with Crippen LogP contribution in [0.5, 0.6) is 0 Å². The summed E-state index contributed by atoms with van der Waals surface area (Å²) in [6.45, 7) is -0.0194. The van der Waals surface area contributed by atoms with Crippen LogP contribution >= 0.6 is 11.6 Å². The smallest absolute Gasteiger partial charge is 0.337 e. The molecule has 1 aromatic rings. The van der Waals surface area contributed by atoms with Gasteiger partial charge in [-0.3, -0.25) is 0 Å². The van der Waals surface area contributed by atoms with Gasteiger partial charge >= 0.3 is 5.97 Å². The van der Waals surface area contributed by atoms with Crippen LogP contribution in [0.15, 0.2) is 12.1 Å². The van der Waals surface area contributed by atoms with Crippen LogP contribution in [0.25, 0.3) is 0 Å². The van der Waals surface area contributed by atoms with E-state index in [-0.39, 0.29) is 48.3 Å². The Morgan fingerprint density at radius 1 is 1.28 bits per heavy atom. The first-order valence-electron chi connectivity index (χ1n) is 5.30. The number of aromatic carboxylic acids is 1. The molecule has 100 valence electrons. The molecule has 0 atom stereocenters. The number of carbonyl (C=O) groups is 1. The van der Waals surface area contributed by atoms with Crippen molar-refractivity contribution in [2.24, 2.45) is 0 Å². The Kier molecular flexibility index (Phi) is 5.21. The Morgan fingerprint density at radius 2 is 1.83 bits per heavy atom. The summed E-state index contributed by atoms with van der Waals surface area (Å²) in [6, 6.07) is 2.73. The number of aliphatic hydroxyl groups is 2. The highest BCUT2D eigenvalue weighted by Crippen LogP contribution is 2.32. The van der Waals surface area contributed by atoms with Crippen LogP contribution in [-0.2, 0) is 0 Å². The molecule has 0 aromatic heterocycles. The van der Waals surface area contributed by atoms with Gasteiger partial charge in [0.1, 0.15) is 0 Å². The van der Waals surface area contributed by atoms with Crippen LogP contribution in [0.3, 0.4) is 0 Å². The van der Waals surface area contributed by atoms with E-state index in [1.54, 1.807) is 0 Å². The van der Waals surface area contributed by atoms with Crippen LogP contribution in [0.2, 0.25) is 5.02 Å². The fourth-order valence-electron chi connectivity index (χ4n) is 1.68. The van der Waals surface area contributed by atoms with Crippen LogP contribution in [-0.4, -0.2) is 47.6 Å². The van der Waals surface area contributed by atoms with Gasteiger partial charge in [0.05, 0.1) is 29.5 Å². The van der Waals surface area contributed by atoms with E-state index in [9.17, 15) is 4.79 Å². The summed E-state index contributed by atoms with van der Waals surface area (Å²) in [5.74, 6) is -1.17. The molecule has 0 amide bonds. The average Bonchev–Trinajstić information content (AvgIpc) is 2.27. The monoisotopic (exact) mass is 274 g/mol. The van der Waals surface area contributed by atoms with Crippen molar-refractivity contribution >= 4 is 28.9 Å². The molecule has 18 heavy (non-hydrogen) atoms. The SMILES string of the molecule is Nc1cc(Cl)c(N(CCO)CCO)c(C(=O)O)c1. The quantitative estimate of drug-likeness (QED) is 0.560. The molecule has 0 fully saturated rings. The third-order valence-electron chi connectivity index (χ3n) is 2.37. The zero-order valence-corrected chi connectivity index (χ0v) is 10.4. The summed E-state index contributed by atoms with van der Waals surface area (Å²) in [4.78, 5) is 12.7. The summed E-state index contributed by atoms with van der Waals surface area (Å²) in [6.07, 6.45) is 0. The Balaban J connectivity index is 3.30. The van der Waals surface area contributed by atoms with E-state index in [2.05, 4.69) is 0 Å². The van der Waals surface area contributed by atoms with E-state index >= 15 is 0 Å². The summed E-state index contributed by atoms with van der Waals surface area (Å²) in [5.41, 5.74) is 5.99. The van der Waals surface area contributed by atoms with E-state index in [1.807, 2.05) is 0 Å². The lowest BCUT2D eigenvalue weighted by Crippen LogP contribution is -2.31. The van der Waals surface area contributed by atoms with Crippen LogP contribution < -0.4 is 10.6 Å². The number of hydrogen-bond donors (Lipinski definition) is 4. The maximum absolute atomic E-state index is 11.2.